The Morgan fingerprint density at radius 2 is 2.31 bits per heavy atom. The van der Waals surface area contributed by atoms with Crippen LogP contribution in [0.1, 0.15) is 56.8 Å². The average Bonchev–Trinajstić information content (AvgIpc) is 2.56. The quantitative estimate of drug-likeness (QED) is 0.792. The first kappa shape index (κ1) is 11.6. The van der Waals surface area contributed by atoms with Crippen LogP contribution in [-0.2, 0) is 13.0 Å². The fraction of sp³-hybridized carbons (Fsp3) is 0.769. The Hall–Kier alpha value is -0.830. The summed E-state index contributed by atoms with van der Waals surface area (Å²) >= 11 is 0. The monoisotopic (exact) mass is 221 g/mol. The molecule has 1 unspecified atom stereocenters. The van der Waals surface area contributed by atoms with E-state index >= 15 is 0 Å². The van der Waals surface area contributed by atoms with Crippen LogP contribution in [0.2, 0.25) is 0 Å². The average molecular weight is 221 g/mol. The van der Waals surface area contributed by atoms with E-state index in [4.69, 9.17) is 0 Å². The summed E-state index contributed by atoms with van der Waals surface area (Å²) in [5, 5.41) is 8.12. The molecule has 16 heavy (non-hydrogen) atoms. The summed E-state index contributed by atoms with van der Waals surface area (Å²) in [5.74, 6) is 0. The van der Waals surface area contributed by atoms with Crippen LogP contribution in [0.5, 0.6) is 0 Å². The van der Waals surface area contributed by atoms with E-state index < -0.39 is 0 Å². The number of aryl methyl sites for hydroxylation is 1. The van der Waals surface area contributed by atoms with Gasteiger partial charge in [-0.2, -0.15) is 5.10 Å². The van der Waals surface area contributed by atoms with Crippen LogP contribution in [0.15, 0.2) is 6.20 Å². The molecule has 1 N–H and O–H groups in total. The summed E-state index contributed by atoms with van der Waals surface area (Å²) in [6.45, 7) is 6.50. The number of hydrogen-bond donors (Lipinski definition) is 1. The van der Waals surface area contributed by atoms with Crippen LogP contribution in [0.3, 0.4) is 0 Å². The molecule has 0 amide bonds. The van der Waals surface area contributed by atoms with Crippen molar-refractivity contribution in [1.82, 2.24) is 15.1 Å². The Morgan fingerprint density at radius 3 is 3.06 bits per heavy atom. The van der Waals surface area contributed by atoms with Crippen molar-refractivity contribution in [2.45, 2.75) is 58.5 Å². The van der Waals surface area contributed by atoms with Gasteiger partial charge in [-0.25, -0.2) is 0 Å². The smallest absolute Gasteiger partial charge is 0.0540 e. The highest BCUT2D eigenvalue weighted by atomic mass is 15.3. The van der Waals surface area contributed by atoms with E-state index in [0.717, 1.165) is 13.1 Å². The number of fused-ring (bicyclic) bond motifs is 1. The largest absolute Gasteiger partial charge is 0.310 e. The molecule has 3 heteroatoms. The predicted octanol–water partition coefficient (Wildman–Crippen LogP) is 2.67. The van der Waals surface area contributed by atoms with Gasteiger partial charge >= 0.3 is 0 Å². The van der Waals surface area contributed by atoms with Crippen LogP contribution in [0.25, 0.3) is 0 Å². The van der Waals surface area contributed by atoms with Crippen molar-refractivity contribution < 1.29 is 0 Å². The van der Waals surface area contributed by atoms with Gasteiger partial charge in [-0.1, -0.05) is 20.3 Å². The number of aromatic nitrogens is 2. The Morgan fingerprint density at radius 1 is 1.44 bits per heavy atom. The predicted molar refractivity (Wildman–Crippen MR) is 66.5 cm³/mol. The lowest BCUT2D eigenvalue weighted by Gasteiger charge is -2.15. The molecule has 0 saturated heterocycles. The summed E-state index contributed by atoms with van der Waals surface area (Å²) in [6, 6.07) is 0.535. The van der Waals surface area contributed by atoms with Gasteiger partial charge in [0.15, 0.2) is 0 Å². The second kappa shape index (κ2) is 5.48. The van der Waals surface area contributed by atoms with Crippen LogP contribution >= 0.6 is 0 Å². The summed E-state index contributed by atoms with van der Waals surface area (Å²) in [4.78, 5) is 0. The van der Waals surface area contributed by atoms with Gasteiger partial charge in [0.1, 0.15) is 0 Å². The molecule has 90 valence electrons. The maximum absolute atomic E-state index is 4.54. The molecule has 0 aliphatic heterocycles. The van der Waals surface area contributed by atoms with Gasteiger partial charge in [-0.15, -0.1) is 0 Å². The third kappa shape index (κ3) is 2.29. The highest BCUT2D eigenvalue weighted by Crippen LogP contribution is 2.28. The summed E-state index contributed by atoms with van der Waals surface area (Å²) in [7, 11) is 0. The van der Waals surface area contributed by atoms with E-state index in [2.05, 4.69) is 35.1 Å². The first-order chi connectivity index (χ1) is 7.86. The zero-order valence-corrected chi connectivity index (χ0v) is 10.5. The van der Waals surface area contributed by atoms with Gasteiger partial charge in [0.05, 0.1) is 6.20 Å². The molecule has 1 aliphatic rings. The second-order valence-electron chi connectivity index (χ2n) is 4.63. The molecule has 0 aromatic carbocycles. The summed E-state index contributed by atoms with van der Waals surface area (Å²) in [6.07, 6.45) is 8.36. The molecule has 3 nitrogen and oxygen atoms in total. The van der Waals surface area contributed by atoms with Crippen molar-refractivity contribution >= 4 is 0 Å². The van der Waals surface area contributed by atoms with Crippen molar-refractivity contribution in [2.24, 2.45) is 0 Å². The first-order valence-electron chi connectivity index (χ1n) is 6.64. The number of hydrogen-bond acceptors (Lipinski definition) is 2. The Labute approximate surface area is 98.2 Å². The SMILES string of the molecule is CCCn1ncc2c1CCCCC2NCC. The molecule has 1 aromatic heterocycles. The maximum atomic E-state index is 4.54. The van der Waals surface area contributed by atoms with E-state index in [1.54, 1.807) is 0 Å². The molecule has 0 spiro atoms. The van der Waals surface area contributed by atoms with E-state index in [0.29, 0.717) is 6.04 Å². The fourth-order valence-electron chi connectivity index (χ4n) is 2.65. The van der Waals surface area contributed by atoms with Crippen molar-refractivity contribution in [2.75, 3.05) is 6.54 Å². The zero-order chi connectivity index (χ0) is 11.4. The lowest BCUT2D eigenvalue weighted by atomic mass is 10.1. The van der Waals surface area contributed by atoms with Crippen LogP contribution in [-0.4, -0.2) is 16.3 Å². The number of nitrogens with zero attached hydrogens (tertiary/aromatic N) is 2. The molecule has 1 aliphatic carbocycles. The molecule has 1 heterocycles. The molecule has 0 saturated carbocycles. The van der Waals surface area contributed by atoms with Gasteiger partial charge in [-0.05, 0) is 32.2 Å². The molecule has 0 radical (unpaired) electrons. The minimum atomic E-state index is 0.535. The number of rotatable bonds is 4. The normalized spacial score (nSPS) is 20.5. The highest BCUT2D eigenvalue weighted by molar-refractivity contribution is 5.23. The van der Waals surface area contributed by atoms with Crippen molar-refractivity contribution in [3.63, 3.8) is 0 Å². The van der Waals surface area contributed by atoms with Gasteiger partial charge in [0.2, 0.25) is 0 Å². The lowest BCUT2D eigenvalue weighted by Crippen LogP contribution is -2.20. The molecule has 1 atom stereocenters. The van der Waals surface area contributed by atoms with E-state index in [1.165, 1.54) is 43.4 Å². The van der Waals surface area contributed by atoms with E-state index in [-0.39, 0.29) is 0 Å². The van der Waals surface area contributed by atoms with E-state index in [9.17, 15) is 0 Å². The van der Waals surface area contributed by atoms with Gasteiger partial charge in [-0.3, -0.25) is 4.68 Å². The fourth-order valence-corrected chi connectivity index (χ4v) is 2.65. The molecule has 0 fully saturated rings. The molecular weight excluding hydrogens is 198 g/mol. The third-order valence-corrected chi connectivity index (χ3v) is 3.40. The standard InChI is InChI=1S/C13H23N3/c1-3-9-16-13-8-6-5-7-12(14-4-2)11(13)10-15-16/h10,12,14H,3-9H2,1-2H3. The van der Waals surface area contributed by atoms with Crippen LogP contribution in [0.4, 0.5) is 0 Å². The molecular formula is C13H23N3. The third-order valence-electron chi connectivity index (χ3n) is 3.40. The topological polar surface area (TPSA) is 29.9 Å². The Bertz CT molecular complexity index is 330. The van der Waals surface area contributed by atoms with Gasteiger partial charge < -0.3 is 5.32 Å². The minimum absolute atomic E-state index is 0.535. The van der Waals surface area contributed by atoms with Gasteiger partial charge in [0.25, 0.3) is 0 Å². The molecule has 2 rings (SSSR count). The number of nitrogens with one attached hydrogen (secondary N) is 1. The first-order valence-corrected chi connectivity index (χ1v) is 6.64. The minimum Gasteiger partial charge on any atom is -0.310 e. The van der Waals surface area contributed by atoms with E-state index in [1.807, 2.05) is 0 Å². The van der Waals surface area contributed by atoms with Crippen molar-refractivity contribution in [3.8, 4) is 0 Å². The highest BCUT2D eigenvalue weighted by Gasteiger charge is 2.21. The van der Waals surface area contributed by atoms with Gasteiger partial charge in [0, 0.05) is 23.8 Å². The summed E-state index contributed by atoms with van der Waals surface area (Å²) < 4.78 is 2.21. The second-order valence-corrected chi connectivity index (χ2v) is 4.63. The zero-order valence-electron chi connectivity index (χ0n) is 10.5. The van der Waals surface area contributed by atoms with Crippen molar-refractivity contribution in [3.05, 3.63) is 17.5 Å². The Kier molecular flexibility index (Phi) is 3.99. The summed E-state index contributed by atoms with van der Waals surface area (Å²) in [5.41, 5.74) is 2.93. The lowest BCUT2D eigenvalue weighted by molar-refractivity contribution is 0.503. The molecule has 1 aromatic rings. The molecule has 0 bridgehead atoms. The maximum Gasteiger partial charge on any atom is 0.0540 e. The van der Waals surface area contributed by atoms with Crippen LogP contribution in [0, 0.1) is 0 Å². The Balaban J connectivity index is 2.24. The van der Waals surface area contributed by atoms with Crippen molar-refractivity contribution in [1.29, 1.82) is 0 Å². The van der Waals surface area contributed by atoms with Crippen LogP contribution < -0.4 is 5.32 Å².